The molecular formula is C15H18ClN3O3. The first-order valence-electron chi connectivity index (χ1n) is 6.86. The number of halogens is 1. The highest BCUT2D eigenvalue weighted by Gasteiger charge is 2.15. The predicted molar refractivity (Wildman–Crippen MR) is 83.9 cm³/mol. The Morgan fingerprint density at radius 2 is 2.36 bits per heavy atom. The van der Waals surface area contributed by atoms with E-state index in [0.29, 0.717) is 29.2 Å². The second-order valence-electron chi connectivity index (χ2n) is 4.82. The smallest absolute Gasteiger partial charge is 0.255 e. The molecule has 0 saturated carbocycles. The van der Waals surface area contributed by atoms with Crippen molar-refractivity contribution < 1.29 is 14.6 Å². The molecule has 1 aromatic heterocycles. The van der Waals surface area contributed by atoms with Crippen LogP contribution in [-0.4, -0.2) is 47.6 Å². The maximum Gasteiger partial charge on any atom is 0.255 e. The Bertz CT molecular complexity index is 630. The van der Waals surface area contributed by atoms with Gasteiger partial charge in [0.05, 0.1) is 30.2 Å². The summed E-state index contributed by atoms with van der Waals surface area (Å²) in [6.45, 7) is 0.596. The minimum absolute atomic E-state index is 0.245. The quantitative estimate of drug-likeness (QED) is 0.725. The van der Waals surface area contributed by atoms with Gasteiger partial charge in [0.2, 0.25) is 0 Å². The van der Waals surface area contributed by atoms with Gasteiger partial charge in [0, 0.05) is 24.2 Å². The molecule has 7 heteroatoms. The van der Waals surface area contributed by atoms with Crippen molar-refractivity contribution in [1.29, 1.82) is 0 Å². The molecule has 0 spiro atoms. The number of rotatable bonds is 7. The number of aliphatic hydroxyl groups is 1. The highest BCUT2D eigenvalue weighted by molar-refractivity contribution is 6.30. The van der Waals surface area contributed by atoms with Gasteiger partial charge >= 0.3 is 0 Å². The fraction of sp³-hybridized carbons (Fsp3) is 0.333. The van der Waals surface area contributed by atoms with Crippen molar-refractivity contribution in [3.8, 4) is 11.3 Å². The summed E-state index contributed by atoms with van der Waals surface area (Å²) in [6.07, 6.45) is 1.29. The molecule has 2 aromatic rings. The van der Waals surface area contributed by atoms with E-state index in [0.717, 1.165) is 5.56 Å². The average molecular weight is 324 g/mol. The number of ether oxygens (including phenoxy) is 1. The average Bonchev–Trinajstić information content (AvgIpc) is 2.97. The van der Waals surface area contributed by atoms with Crippen molar-refractivity contribution in [1.82, 2.24) is 15.5 Å². The van der Waals surface area contributed by atoms with E-state index in [4.69, 9.17) is 16.3 Å². The number of aliphatic hydroxyl groups excluding tert-OH is 1. The van der Waals surface area contributed by atoms with Gasteiger partial charge in [0.15, 0.2) is 0 Å². The Hall–Kier alpha value is -1.89. The number of aromatic amines is 1. The predicted octanol–water partition coefficient (Wildman–Crippen LogP) is 1.86. The van der Waals surface area contributed by atoms with E-state index in [-0.39, 0.29) is 12.5 Å². The summed E-state index contributed by atoms with van der Waals surface area (Å²) >= 11 is 5.97. The molecule has 0 bridgehead atoms. The van der Waals surface area contributed by atoms with E-state index < -0.39 is 6.10 Å². The van der Waals surface area contributed by atoms with Crippen molar-refractivity contribution in [3.05, 3.63) is 41.0 Å². The molecule has 1 amide bonds. The molecule has 118 valence electrons. The lowest BCUT2D eigenvalue weighted by Crippen LogP contribution is -2.28. The van der Waals surface area contributed by atoms with Crippen LogP contribution in [0, 0.1) is 0 Å². The van der Waals surface area contributed by atoms with Crippen LogP contribution >= 0.6 is 11.6 Å². The molecule has 0 aliphatic rings. The number of amides is 1. The molecular weight excluding hydrogens is 306 g/mol. The van der Waals surface area contributed by atoms with Crippen LogP contribution in [0.3, 0.4) is 0 Å². The molecule has 0 saturated heterocycles. The number of hydrogen-bond donors (Lipinski definition) is 3. The Morgan fingerprint density at radius 3 is 3.09 bits per heavy atom. The SMILES string of the molecule is COCC(O)CCNC(=O)c1cn[nH]c1-c1cccc(Cl)c1. The molecule has 1 unspecified atom stereocenters. The van der Waals surface area contributed by atoms with Crippen molar-refractivity contribution in [2.24, 2.45) is 0 Å². The Balaban J connectivity index is 2.01. The molecule has 1 heterocycles. The van der Waals surface area contributed by atoms with E-state index in [1.807, 2.05) is 6.07 Å². The lowest BCUT2D eigenvalue weighted by molar-refractivity contribution is 0.0588. The first kappa shape index (κ1) is 16.5. The van der Waals surface area contributed by atoms with Gasteiger partial charge < -0.3 is 15.2 Å². The molecule has 22 heavy (non-hydrogen) atoms. The number of H-pyrrole nitrogens is 1. The van der Waals surface area contributed by atoms with Gasteiger partial charge in [-0.3, -0.25) is 9.89 Å². The highest BCUT2D eigenvalue weighted by Crippen LogP contribution is 2.23. The van der Waals surface area contributed by atoms with E-state index >= 15 is 0 Å². The Kier molecular flexibility index (Phi) is 5.94. The highest BCUT2D eigenvalue weighted by atomic mass is 35.5. The van der Waals surface area contributed by atoms with E-state index in [1.165, 1.54) is 13.3 Å². The summed E-state index contributed by atoms with van der Waals surface area (Å²) in [5, 5.41) is 19.6. The zero-order chi connectivity index (χ0) is 15.9. The van der Waals surface area contributed by atoms with Gasteiger partial charge in [-0.25, -0.2) is 0 Å². The van der Waals surface area contributed by atoms with Gasteiger partial charge in [-0.1, -0.05) is 23.7 Å². The largest absolute Gasteiger partial charge is 0.391 e. The zero-order valence-corrected chi connectivity index (χ0v) is 12.9. The molecule has 0 aliphatic carbocycles. The molecule has 3 N–H and O–H groups in total. The standard InChI is InChI=1S/C15H18ClN3O3/c1-22-9-12(20)5-6-17-15(21)13-8-18-19-14(13)10-3-2-4-11(16)7-10/h2-4,7-8,12,20H,5-6,9H2,1H3,(H,17,21)(H,18,19). The summed E-state index contributed by atoms with van der Waals surface area (Å²) in [7, 11) is 1.52. The van der Waals surface area contributed by atoms with Crippen molar-refractivity contribution >= 4 is 17.5 Å². The maximum absolute atomic E-state index is 12.2. The monoisotopic (exact) mass is 323 g/mol. The lowest BCUT2D eigenvalue weighted by atomic mass is 10.1. The fourth-order valence-electron chi connectivity index (χ4n) is 2.05. The molecule has 2 rings (SSSR count). The van der Waals surface area contributed by atoms with Crippen LogP contribution in [0.15, 0.2) is 30.5 Å². The van der Waals surface area contributed by atoms with Crippen LogP contribution in [0.4, 0.5) is 0 Å². The molecule has 1 atom stereocenters. The van der Waals surface area contributed by atoms with Gasteiger partial charge in [0.1, 0.15) is 0 Å². The fourth-order valence-corrected chi connectivity index (χ4v) is 2.24. The number of benzene rings is 1. The zero-order valence-electron chi connectivity index (χ0n) is 12.2. The van der Waals surface area contributed by atoms with Gasteiger partial charge in [-0.15, -0.1) is 0 Å². The van der Waals surface area contributed by atoms with Crippen LogP contribution in [-0.2, 0) is 4.74 Å². The molecule has 0 radical (unpaired) electrons. The molecule has 0 fully saturated rings. The number of carbonyl (C=O) groups is 1. The molecule has 6 nitrogen and oxygen atoms in total. The molecule has 0 aliphatic heterocycles. The Morgan fingerprint density at radius 1 is 1.55 bits per heavy atom. The second-order valence-corrected chi connectivity index (χ2v) is 5.26. The van der Waals surface area contributed by atoms with Crippen LogP contribution in [0.25, 0.3) is 11.3 Å². The second kappa shape index (κ2) is 7.93. The minimum atomic E-state index is -0.595. The number of hydrogen-bond acceptors (Lipinski definition) is 4. The third-order valence-electron chi connectivity index (χ3n) is 3.12. The van der Waals surface area contributed by atoms with Crippen LogP contribution in [0.5, 0.6) is 0 Å². The minimum Gasteiger partial charge on any atom is -0.391 e. The normalized spacial score (nSPS) is 12.1. The maximum atomic E-state index is 12.2. The van der Waals surface area contributed by atoms with Crippen LogP contribution in [0.2, 0.25) is 5.02 Å². The van der Waals surface area contributed by atoms with Gasteiger partial charge in [0.25, 0.3) is 5.91 Å². The summed E-state index contributed by atoms with van der Waals surface area (Å²) in [5.74, 6) is -0.256. The van der Waals surface area contributed by atoms with E-state index in [9.17, 15) is 9.90 Å². The first-order chi connectivity index (χ1) is 10.6. The van der Waals surface area contributed by atoms with Gasteiger partial charge in [-0.2, -0.15) is 5.10 Å². The summed E-state index contributed by atoms with van der Waals surface area (Å²) in [4.78, 5) is 12.2. The molecule has 1 aromatic carbocycles. The van der Waals surface area contributed by atoms with Gasteiger partial charge in [-0.05, 0) is 18.6 Å². The summed E-state index contributed by atoms with van der Waals surface area (Å²) < 4.78 is 4.83. The number of nitrogens with zero attached hydrogens (tertiary/aromatic N) is 1. The van der Waals surface area contributed by atoms with Crippen LogP contribution in [0.1, 0.15) is 16.8 Å². The number of methoxy groups -OCH3 is 1. The number of carbonyl (C=O) groups excluding carboxylic acids is 1. The summed E-state index contributed by atoms with van der Waals surface area (Å²) in [6, 6.07) is 7.17. The number of aromatic nitrogens is 2. The lowest BCUT2D eigenvalue weighted by Gasteiger charge is -2.10. The van der Waals surface area contributed by atoms with E-state index in [2.05, 4.69) is 15.5 Å². The Labute approximate surface area is 133 Å². The topological polar surface area (TPSA) is 87.2 Å². The third-order valence-corrected chi connectivity index (χ3v) is 3.35. The van der Waals surface area contributed by atoms with Crippen molar-refractivity contribution in [3.63, 3.8) is 0 Å². The number of nitrogens with one attached hydrogen (secondary N) is 2. The third kappa shape index (κ3) is 4.30. The van der Waals surface area contributed by atoms with E-state index in [1.54, 1.807) is 18.2 Å². The van der Waals surface area contributed by atoms with Crippen molar-refractivity contribution in [2.75, 3.05) is 20.3 Å². The van der Waals surface area contributed by atoms with Crippen LogP contribution < -0.4 is 5.32 Å². The first-order valence-corrected chi connectivity index (χ1v) is 7.24. The summed E-state index contributed by atoms with van der Waals surface area (Å²) in [5.41, 5.74) is 1.83. The van der Waals surface area contributed by atoms with Crippen molar-refractivity contribution in [2.45, 2.75) is 12.5 Å².